The van der Waals surface area contributed by atoms with Crippen LogP contribution in [0.5, 0.6) is 0 Å². The molecule has 5 aromatic rings. The van der Waals surface area contributed by atoms with Gasteiger partial charge in [0.2, 0.25) is 5.91 Å². The molecule has 0 radical (unpaired) electrons. The number of benzene rings is 2. The second-order valence-electron chi connectivity index (χ2n) is 9.05. The van der Waals surface area contributed by atoms with E-state index in [0.717, 1.165) is 65.8 Å². The molecule has 1 saturated heterocycles. The number of hydrogen-bond acceptors (Lipinski definition) is 6. The summed E-state index contributed by atoms with van der Waals surface area (Å²) in [4.78, 5) is 18.5. The Morgan fingerprint density at radius 3 is 2.75 bits per heavy atom. The van der Waals surface area contributed by atoms with Gasteiger partial charge in [0.25, 0.3) is 0 Å². The van der Waals surface area contributed by atoms with E-state index >= 15 is 0 Å². The van der Waals surface area contributed by atoms with Gasteiger partial charge >= 0.3 is 0 Å². The molecule has 1 aliphatic rings. The zero-order valence-electron chi connectivity index (χ0n) is 19.6. The highest BCUT2D eigenvalue weighted by Gasteiger charge is 2.23. The zero-order valence-corrected chi connectivity index (χ0v) is 21.7. The molecule has 36 heavy (non-hydrogen) atoms. The number of nitrogens with zero attached hydrogens (tertiary/aromatic N) is 7. The van der Waals surface area contributed by atoms with Gasteiger partial charge in [-0.3, -0.25) is 17.5 Å². The lowest BCUT2D eigenvalue weighted by molar-refractivity contribution is -0.128. The Bertz CT molecular complexity index is 1560. The first-order chi connectivity index (χ1) is 17.5. The Kier molecular flexibility index (Phi) is 6.05. The Balaban J connectivity index is 1.31. The fourth-order valence-corrected chi connectivity index (χ4v) is 5.15. The molecule has 1 fully saturated rings. The summed E-state index contributed by atoms with van der Waals surface area (Å²) >= 11 is 2.09. The lowest BCUT2D eigenvalue weighted by Gasteiger charge is -2.30. The van der Waals surface area contributed by atoms with Crippen molar-refractivity contribution in [2.24, 2.45) is 0 Å². The molecule has 0 atom stereocenters. The second-order valence-corrected chi connectivity index (χ2v) is 10.2. The minimum absolute atomic E-state index is 0.147. The molecule has 0 aliphatic carbocycles. The van der Waals surface area contributed by atoms with Crippen LogP contribution in [0.15, 0.2) is 67.1 Å². The highest BCUT2D eigenvalue weighted by atomic mass is 127. The van der Waals surface area contributed by atoms with Crippen LogP contribution in [0.2, 0.25) is 0 Å². The summed E-state index contributed by atoms with van der Waals surface area (Å²) in [6, 6.07) is 18.7. The number of nitrogen functional groups attached to an aromatic ring is 1. The van der Waals surface area contributed by atoms with Crippen molar-refractivity contribution in [2.75, 3.05) is 31.9 Å². The van der Waals surface area contributed by atoms with Gasteiger partial charge < -0.3 is 5.73 Å². The van der Waals surface area contributed by atoms with E-state index in [4.69, 9.17) is 10.8 Å². The van der Waals surface area contributed by atoms with Crippen molar-refractivity contribution in [1.29, 1.82) is 0 Å². The second kappa shape index (κ2) is 9.51. The average Bonchev–Trinajstić information content (AvgIpc) is 3.46. The number of rotatable bonds is 6. The van der Waals surface area contributed by atoms with Crippen molar-refractivity contribution >= 4 is 51.0 Å². The lowest BCUT2D eigenvalue weighted by atomic mass is 10.0. The van der Waals surface area contributed by atoms with Gasteiger partial charge in [0.1, 0.15) is 11.8 Å². The Hall–Kier alpha value is -3.51. The quantitative estimate of drug-likeness (QED) is 0.240. The molecule has 0 spiro atoms. The molecular weight excluding hydrogens is 567 g/mol. The van der Waals surface area contributed by atoms with Crippen molar-refractivity contribution < 1.29 is 4.79 Å². The first kappa shape index (κ1) is 22.9. The van der Waals surface area contributed by atoms with Crippen LogP contribution in [0.1, 0.15) is 11.3 Å². The third-order valence-corrected chi connectivity index (χ3v) is 7.66. The largest absolute Gasteiger partial charge is 0.382 e. The van der Waals surface area contributed by atoms with E-state index in [9.17, 15) is 4.79 Å². The fourth-order valence-electron chi connectivity index (χ4n) is 4.78. The van der Waals surface area contributed by atoms with E-state index < -0.39 is 0 Å². The van der Waals surface area contributed by atoms with Gasteiger partial charge in [0.05, 0.1) is 41.5 Å². The fraction of sp³-hybridized carbons (Fsp3) is 0.231. The standard InChI is InChI=1S/C26H25IN8O/c27-34-11-10-32(16-24(34)36)9-8-21-13-22(25-26(28)29-17-30-35(21)25)19-6-7-20-15-33(31-23(20)12-19)14-18-4-2-1-3-5-18/h1-7,12-13,15,17H,8-11,14,16H2,(H2,28,29,30). The molecule has 0 unspecified atom stereocenters. The van der Waals surface area contributed by atoms with Crippen LogP contribution < -0.4 is 5.73 Å². The van der Waals surface area contributed by atoms with Crippen LogP contribution in [-0.2, 0) is 17.8 Å². The Morgan fingerprint density at radius 1 is 1.06 bits per heavy atom. The van der Waals surface area contributed by atoms with E-state index in [0.29, 0.717) is 12.4 Å². The average molecular weight is 592 g/mol. The van der Waals surface area contributed by atoms with Gasteiger partial charge in [0, 0.05) is 48.9 Å². The Morgan fingerprint density at radius 2 is 1.92 bits per heavy atom. The number of carbonyl (C=O) groups is 1. The van der Waals surface area contributed by atoms with Crippen LogP contribution in [-0.4, -0.2) is 64.5 Å². The molecule has 1 amide bonds. The minimum atomic E-state index is 0.147. The molecular formula is C26H25IN8O. The van der Waals surface area contributed by atoms with Crippen molar-refractivity contribution in [3.8, 4) is 11.1 Å². The van der Waals surface area contributed by atoms with Gasteiger partial charge in [-0.05, 0) is 23.3 Å². The number of amides is 1. The lowest BCUT2D eigenvalue weighted by Crippen LogP contribution is -2.46. The predicted octanol–water partition coefficient (Wildman–Crippen LogP) is 3.41. The van der Waals surface area contributed by atoms with Gasteiger partial charge in [-0.15, -0.1) is 0 Å². The van der Waals surface area contributed by atoms with E-state index in [1.54, 1.807) is 3.11 Å². The third kappa shape index (κ3) is 4.42. The molecule has 2 aromatic carbocycles. The summed E-state index contributed by atoms with van der Waals surface area (Å²) in [5, 5.41) is 10.4. The summed E-state index contributed by atoms with van der Waals surface area (Å²) in [5.41, 5.74) is 12.3. The maximum Gasteiger partial charge on any atom is 0.245 e. The molecule has 182 valence electrons. The molecule has 4 heterocycles. The zero-order chi connectivity index (χ0) is 24.6. The number of aromatic nitrogens is 5. The number of fused-ring (bicyclic) bond motifs is 2. The van der Waals surface area contributed by atoms with Gasteiger partial charge in [-0.1, -0.05) is 42.5 Å². The number of carbonyl (C=O) groups excluding carboxylic acids is 1. The van der Waals surface area contributed by atoms with E-state index in [-0.39, 0.29) is 5.91 Å². The minimum Gasteiger partial charge on any atom is -0.382 e. The smallest absolute Gasteiger partial charge is 0.245 e. The van der Waals surface area contributed by atoms with Gasteiger partial charge in [-0.2, -0.15) is 10.2 Å². The van der Waals surface area contributed by atoms with Crippen molar-refractivity contribution in [3.05, 3.63) is 78.4 Å². The predicted molar refractivity (Wildman–Crippen MR) is 148 cm³/mol. The molecule has 3 aromatic heterocycles. The molecule has 9 nitrogen and oxygen atoms in total. The third-order valence-electron chi connectivity index (χ3n) is 6.64. The number of hydrogen-bond donors (Lipinski definition) is 1. The van der Waals surface area contributed by atoms with Crippen molar-refractivity contribution in [2.45, 2.75) is 13.0 Å². The molecule has 2 N–H and O–H groups in total. The van der Waals surface area contributed by atoms with Crippen LogP contribution in [0, 0.1) is 0 Å². The number of nitrogens with two attached hydrogens (primary N) is 1. The maximum absolute atomic E-state index is 12.1. The van der Waals surface area contributed by atoms with Crippen LogP contribution in [0.3, 0.4) is 0 Å². The normalized spacial score (nSPS) is 14.8. The Labute approximate surface area is 222 Å². The molecule has 1 aliphatic heterocycles. The van der Waals surface area contributed by atoms with Crippen molar-refractivity contribution in [1.82, 2.24) is 32.4 Å². The van der Waals surface area contributed by atoms with Gasteiger partial charge in [-0.25, -0.2) is 9.50 Å². The van der Waals surface area contributed by atoms with Crippen LogP contribution >= 0.6 is 22.9 Å². The van der Waals surface area contributed by atoms with E-state index in [1.165, 1.54) is 11.9 Å². The van der Waals surface area contributed by atoms with Gasteiger partial charge in [0.15, 0.2) is 5.82 Å². The summed E-state index contributed by atoms with van der Waals surface area (Å²) in [6.45, 7) is 3.54. The number of halogens is 1. The number of anilines is 1. The summed E-state index contributed by atoms with van der Waals surface area (Å²) < 4.78 is 5.61. The highest BCUT2D eigenvalue weighted by molar-refractivity contribution is 14.1. The summed E-state index contributed by atoms with van der Waals surface area (Å²) in [6.07, 6.45) is 4.31. The first-order valence-electron chi connectivity index (χ1n) is 11.9. The highest BCUT2D eigenvalue weighted by Crippen LogP contribution is 2.32. The molecule has 10 heteroatoms. The first-order valence-corrected chi connectivity index (χ1v) is 12.8. The number of piperazine rings is 1. The maximum atomic E-state index is 12.1. The van der Waals surface area contributed by atoms with E-state index in [1.807, 2.05) is 27.4 Å². The van der Waals surface area contributed by atoms with Crippen molar-refractivity contribution in [3.63, 3.8) is 0 Å². The SMILES string of the molecule is Nc1ncnn2c(CCN3CCN(I)C(=O)C3)cc(-c3ccc4cn(Cc5ccccc5)nc4c3)c12. The summed E-state index contributed by atoms with van der Waals surface area (Å²) in [7, 11) is 0. The summed E-state index contributed by atoms with van der Waals surface area (Å²) in [5.74, 6) is 0.587. The molecule has 0 bridgehead atoms. The monoisotopic (exact) mass is 592 g/mol. The molecule has 6 rings (SSSR count). The van der Waals surface area contributed by atoms with Crippen LogP contribution in [0.25, 0.3) is 27.5 Å². The van der Waals surface area contributed by atoms with Crippen LogP contribution in [0.4, 0.5) is 5.82 Å². The van der Waals surface area contributed by atoms with E-state index in [2.05, 4.69) is 80.4 Å². The topological polar surface area (TPSA) is 97.6 Å². The molecule has 0 saturated carbocycles.